The fraction of sp³-hybridized carbons (Fsp3) is 0.194. The van der Waals surface area contributed by atoms with Gasteiger partial charge in [0, 0.05) is 34.0 Å². The molecule has 40 heavy (non-hydrogen) atoms. The highest BCUT2D eigenvalue weighted by molar-refractivity contribution is 7.91. The van der Waals surface area contributed by atoms with Crippen molar-refractivity contribution in [3.63, 3.8) is 0 Å². The highest BCUT2D eigenvalue weighted by Crippen LogP contribution is 2.41. The number of sulfone groups is 1. The predicted molar refractivity (Wildman–Crippen MR) is 163 cm³/mol. The zero-order valence-electron chi connectivity index (χ0n) is 22.4. The van der Waals surface area contributed by atoms with E-state index in [0.29, 0.717) is 16.3 Å². The van der Waals surface area contributed by atoms with E-state index in [1.807, 2.05) is 60.7 Å². The maximum absolute atomic E-state index is 12.7. The summed E-state index contributed by atoms with van der Waals surface area (Å²) in [6.07, 6.45) is 2.98. The monoisotopic (exact) mass is 590 g/mol. The quantitative estimate of drug-likeness (QED) is 0.180. The molecule has 0 amide bonds. The van der Waals surface area contributed by atoms with Crippen LogP contribution in [0.4, 0.5) is 0 Å². The number of aromatic nitrogens is 2. The molecule has 0 fully saturated rings. The number of benzene rings is 3. The summed E-state index contributed by atoms with van der Waals surface area (Å²) in [6, 6.07) is 22.8. The van der Waals surface area contributed by atoms with Crippen molar-refractivity contribution in [2.24, 2.45) is 0 Å². The molecule has 0 N–H and O–H groups in total. The van der Waals surface area contributed by atoms with Crippen LogP contribution in [0.3, 0.4) is 0 Å². The molecule has 3 aromatic carbocycles. The Bertz CT molecular complexity index is 1850. The molecule has 5 aromatic rings. The summed E-state index contributed by atoms with van der Waals surface area (Å²) < 4.78 is 29.5. The fourth-order valence-electron chi connectivity index (χ4n) is 4.40. The Hall–Kier alpha value is -3.59. The summed E-state index contributed by atoms with van der Waals surface area (Å²) in [5.41, 5.74) is 5.45. The smallest absolute Gasteiger partial charge is 0.367 e. The topological polar surface area (TPSA) is 86.2 Å². The number of hydrogen-bond donors (Lipinski definition) is 0. The zero-order valence-corrected chi connectivity index (χ0v) is 24.8. The molecular formula is C31H27ClN2O4S2. The van der Waals surface area contributed by atoms with Gasteiger partial charge in [-0.15, -0.1) is 11.3 Å². The first kappa shape index (κ1) is 28.0. The number of fused-ring (bicyclic) bond motifs is 1. The Kier molecular flexibility index (Phi) is 7.52. The maximum Gasteiger partial charge on any atom is 0.367 e. The van der Waals surface area contributed by atoms with Gasteiger partial charge >= 0.3 is 5.97 Å². The molecule has 6 nitrogen and oxygen atoms in total. The predicted octanol–water partition coefficient (Wildman–Crippen LogP) is 7.80. The van der Waals surface area contributed by atoms with Crippen LogP contribution in [0.15, 0.2) is 79.0 Å². The average Bonchev–Trinajstić information content (AvgIpc) is 3.38. The number of carbonyl (C=O) groups excluding carboxylic acids is 1. The van der Waals surface area contributed by atoms with Crippen LogP contribution in [0.25, 0.3) is 43.7 Å². The number of halogens is 1. The third kappa shape index (κ3) is 5.27. The van der Waals surface area contributed by atoms with Gasteiger partial charge in [0.25, 0.3) is 0 Å². The van der Waals surface area contributed by atoms with Crippen molar-refractivity contribution in [2.45, 2.75) is 25.5 Å². The molecule has 0 aliphatic heterocycles. The second-order valence-corrected chi connectivity index (χ2v) is 13.9. The normalized spacial score (nSPS) is 12.0. The number of esters is 1. The molecule has 0 aliphatic rings. The molecule has 2 aromatic heterocycles. The molecule has 0 saturated heterocycles. The van der Waals surface area contributed by atoms with E-state index in [2.05, 4.69) is 9.97 Å². The van der Waals surface area contributed by atoms with Crippen LogP contribution in [-0.4, -0.2) is 37.2 Å². The lowest BCUT2D eigenvalue weighted by atomic mass is 9.92. The molecule has 9 heteroatoms. The van der Waals surface area contributed by atoms with E-state index in [-0.39, 0.29) is 11.6 Å². The number of nitrogens with zero attached hydrogens (tertiary/aromatic N) is 2. The second kappa shape index (κ2) is 10.8. The number of pyridine rings is 1. The second-order valence-electron chi connectivity index (χ2n) is 9.89. The number of hydrogen-bond acceptors (Lipinski definition) is 7. The Morgan fingerprint density at radius 3 is 2.40 bits per heavy atom. The summed E-state index contributed by atoms with van der Waals surface area (Å²) in [7, 11) is -3.40. The van der Waals surface area contributed by atoms with Crippen molar-refractivity contribution in [3.05, 3.63) is 94.6 Å². The van der Waals surface area contributed by atoms with E-state index in [0.717, 1.165) is 38.0 Å². The van der Waals surface area contributed by atoms with Crippen molar-refractivity contribution in [1.82, 2.24) is 9.97 Å². The van der Waals surface area contributed by atoms with Crippen LogP contribution in [0, 0.1) is 0 Å². The van der Waals surface area contributed by atoms with Crippen LogP contribution in [0.5, 0.6) is 0 Å². The van der Waals surface area contributed by atoms with Gasteiger partial charge in [-0.3, -0.25) is 4.98 Å². The van der Waals surface area contributed by atoms with Gasteiger partial charge in [0.2, 0.25) is 5.01 Å². The largest absolute Gasteiger partial charge is 0.461 e. The van der Waals surface area contributed by atoms with Gasteiger partial charge in [-0.2, -0.15) is 0 Å². The van der Waals surface area contributed by atoms with Crippen molar-refractivity contribution < 1.29 is 17.9 Å². The van der Waals surface area contributed by atoms with Gasteiger partial charge in [-0.1, -0.05) is 48.0 Å². The fourth-order valence-corrected chi connectivity index (χ4v) is 6.05. The lowest BCUT2D eigenvalue weighted by molar-refractivity contribution is 0.0526. The van der Waals surface area contributed by atoms with E-state index in [1.165, 1.54) is 17.6 Å². The molecular weight excluding hydrogens is 564 g/mol. The lowest BCUT2D eigenvalue weighted by Gasteiger charge is -2.24. The van der Waals surface area contributed by atoms with Gasteiger partial charge in [0.15, 0.2) is 9.84 Å². The van der Waals surface area contributed by atoms with Crippen LogP contribution in [0.1, 0.15) is 36.1 Å². The number of thiazole rings is 1. The van der Waals surface area contributed by atoms with E-state index in [4.69, 9.17) is 16.3 Å². The first-order valence-electron chi connectivity index (χ1n) is 12.6. The number of carbonyl (C=O) groups is 1. The van der Waals surface area contributed by atoms with Crippen molar-refractivity contribution in [3.8, 4) is 32.8 Å². The lowest BCUT2D eigenvalue weighted by Crippen LogP contribution is -2.28. The minimum absolute atomic E-state index is 0.250. The Balaban J connectivity index is 1.71. The Labute approximate surface area is 242 Å². The third-order valence-corrected chi connectivity index (χ3v) is 10.4. The summed E-state index contributed by atoms with van der Waals surface area (Å²) >= 11 is 7.39. The van der Waals surface area contributed by atoms with Crippen LogP contribution in [0.2, 0.25) is 5.02 Å². The highest BCUT2D eigenvalue weighted by atomic mass is 35.5. The summed E-state index contributed by atoms with van der Waals surface area (Å²) in [4.78, 5) is 22.7. The van der Waals surface area contributed by atoms with E-state index in [1.54, 1.807) is 39.1 Å². The van der Waals surface area contributed by atoms with Gasteiger partial charge in [-0.25, -0.2) is 18.2 Å². The molecule has 0 spiro atoms. The van der Waals surface area contributed by atoms with Crippen LogP contribution in [-0.2, 0) is 19.3 Å². The molecule has 0 unspecified atom stereocenters. The van der Waals surface area contributed by atoms with E-state index < -0.39 is 20.6 Å². The molecule has 204 valence electrons. The summed E-state index contributed by atoms with van der Waals surface area (Å²) in [5.74, 6) is -0.476. The van der Waals surface area contributed by atoms with E-state index in [9.17, 15) is 13.2 Å². The molecule has 0 atom stereocenters. The third-order valence-electron chi connectivity index (χ3n) is 6.96. The first-order valence-corrected chi connectivity index (χ1v) is 15.7. The minimum atomic E-state index is -3.40. The van der Waals surface area contributed by atoms with Gasteiger partial charge in [0.1, 0.15) is 0 Å². The molecule has 5 rings (SSSR count). The zero-order chi connectivity index (χ0) is 28.7. The first-order chi connectivity index (χ1) is 19.0. The minimum Gasteiger partial charge on any atom is -0.461 e. The summed E-state index contributed by atoms with van der Waals surface area (Å²) in [5, 5.41) is 1.71. The SMILES string of the molecule is CCOC(=O)c1nc(-c2ccc(Cl)cc2)c(-c2cccc(-c3cc(C(C)(C)S(C)(=O)=O)cc4cccnc34)c2)s1. The average molecular weight is 591 g/mol. The molecule has 0 aliphatic carbocycles. The Morgan fingerprint density at radius 1 is 0.975 bits per heavy atom. The van der Waals surface area contributed by atoms with Crippen molar-refractivity contribution in [2.75, 3.05) is 12.9 Å². The van der Waals surface area contributed by atoms with Crippen LogP contribution >= 0.6 is 22.9 Å². The van der Waals surface area contributed by atoms with Gasteiger partial charge in [0.05, 0.1) is 27.4 Å². The molecule has 0 saturated carbocycles. The van der Waals surface area contributed by atoms with Crippen molar-refractivity contribution in [1.29, 1.82) is 0 Å². The van der Waals surface area contributed by atoms with Crippen LogP contribution < -0.4 is 0 Å². The maximum atomic E-state index is 12.7. The van der Waals surface area contributed by atoms with Gasteiger partial charge in [-0.05, 0) is 73.9 Å². The summed E-state index contributed by atoms with van der Waals surface area (Å²) in [6.45, 7) is 5.44. The molecule has 2 heterocycles. The molecule has 0 radical (unpaired) electrons. The number of ether oxygens (including phenoxy) is 1. The van der Waals surface area contributed by atoms with E-state index >= 15 is 0 Å². The number of rotatable bonds is 7. The Morgan fingerprint density at radius 2 is 1.70 bits per heavy atom. The molecule has 0 bridgehead atoms. The highest BCUT2D eigenvalue weighted by Gasteiger charge is 2.33. The van der Waals surface area contributed by atoms with Crippen molar-refractivity contribution >= 4 is 49.6 Å². The van der Waals surface area contributed by atoms with Gasteiger partial charge < -0.3 is 4.74 Å². The standard InChI is InChI=1S/C31H27ClN2O4S2/c1-5-38-30(35)29-34-27(19-11-13-24(32)14-12-19)28(39-29)22-9-6-8-20(16-22)25-18-23(31(2,3)40(4,36)37)17-21-10-7-15-33-26(21)25/h6-18H,5H2,1-4H3.